The van der Waals surface area contributed by atoms with Crippen LogP contribution in [0.15, 0.2) is 36.5 Å². The number of nitrogens with zero attached hydrogens (tertiary/aromatic N) is 5. The molecule has 4 heterocycles. The van der Waals surface area contributed by atoms with E-state index in [9.17, 15) is 23.5 Å². The number of pyridine rings is 1. The molecular formula is C24H21F2N7O4. The molecule has 0 aliphatic carbocycles. The topological polar surface area (TPSA) is 158 Å². The number of carbonyl (C=O) groups is 2. The minimum Gasteiger partial charge on any atom is -0.465 e. The molecular weight excluding hydrogens is 488 g/mol. The maximum Gasteiger partial charge on any atom is 0.326 e. The van der Waals surface area contributed by atoms with Crippen molar-refractivity contribution in [2.45, 2.75) is 25.3 Å². The number of hydrogen-bond acceptors (Lipinski definition) is 9. The summed E-state index contributed by atoms with van der Waals surface area (Å²) in [5, 5.41) is 16.8. The molecule has 1 amide bonds. The zero-order valence-corrected chi connectivity index (χ0v) is 19.5. The third kappa shape index (κ3) is 3.83. The lowest BCUT2D eigenvalue weighted by Crippen LogP contribution is -2.45. The normalized spacial score (nSPS) is 16.6. The molecule has 0 bridgehead atoms. The molecule has 190 valence electrons. The van der Waals surface area contributed by atoms with Crippen molar-refractivity contribution in [2.75, 3.05) is 24.3 Å². The number of aliphatic hydroxyl groups excluding tert-OH is 1. The highest BCUT2D eigenvalue weighted by atomic mass is 19.1. The Morgan fingerprint density at radius 1 is 1.27 bits per heavy atom. The van der Waals surface area contributed by atoms with Gasteiger partial charge < -0.3 is 20.9 Å². The summed E-state index contributed by atoms with van der Waals surface area (Å²) in [6.07, 6.45) is 0.708. The van der Waals surface area contributed by atoms with E-state index in [1.807, 2.05) is 0 Å². The van der Waals surface area contributed by atoms with Crippen molar-refractivity contribution in [3.05, 3.63) is 59.3 Å². The van der Waals surface area contributed by atoms with Crippen LogP contribution in [-0.4, -0.2) is 54.9 Å². The zero-order chi connectivity index (χ0) is 26.3. The van der Waals surface area contributed by atoms with Crippen LogP contribution in [0.5, 0.6) is 0 Å². The number of hydrogen-bond donors (Lipinski definition) is 3. The maximum absolute atomic E-state index is 14.3. The number of rotatable bonds is 7. The van der Waals surface area contributed by atoms with Gasteiger partial charge in [0.05, 0.1) is 30.3 Å². The molecule has 0 radical (unpaired) electrons. The molecule has 3 aromatic heterocycles. The first-order chi connectivity index (χ1) is 17.8. The van der Waals surface area contributed by atoms with E-state index in [-0.39, 0.29) is 59.3 Å². The smallest absolute Gasteiger partial charge is 0.326 e. The third-order valence-electron chi connectivity index (χ3n) is 6.14. The SMILES string of the molecule is CCOC(=O)C1(CCO)C(=O)Nc2nc(-c3nn(Cc4ccccc4F)c4ncc(F)cc34)nc(N)c21. The first-order valence-electron chi connectivity index (χ1n) is 11.3. The number of ether oxygens (including phenoxy) is 1. The van der Waals surface area contributed by atoms with Gasteiger partial charge in [-0.15, -0.1) is 0 Å². The van der Waals surface area contributed by atoms with Crippen LogP contribution in [-0.2, 0) is 26.3 Å². The van der Waals surface area contributed by atoms with Crippen molar-refractivity contribution in [3.63, 3.8) is 0 Å². The van der Waals surface area contributed by atoms with E-state index in [0.29, 0.717) is 5.56 Å². The fraction of sp³-hybridized carbons (Fsp3) is 0.250. The Hall–Kier alpha value is -4.52. The van der Waals surface area contributed by atoms with Crippen molar-refractivity contribution in [3.8, 4) is 11.5 Å². The van der Waals surface area contributed by atoms with Crippen LogP contribution in [0, 0.1) is 11.6 Å². The number of halogens is 2. The van der Waals surface area contributed by atoms with Crippen molar-refractivity contribution in [1.82, 2.24) is 24.7 Å². The Morgan fingerprint density at radius 3 is 2.78 bits per heavy atom. The standard InChI is InChI=1S/C24H21F2N7O4/c1-2-37-23(36)24(7-8-34)16-18(27)29-20(30-19(16)31-22(24)35)17-14-9-13(25)10-28-21(14)33(32-17)11-12-5-3-4-6-15(12)26/h3-6,9-10,34H,2,7-8,11H2,1H3,(H3,27,29,30,31,35). The van der Waals surface area contributed by atoms with E-state index in [2.05, 4.69) is 25.4 Å². The first-order valence-corrected chi connectivity index (χ1v) is 11.3. The number of nitrogen functional groups attached to an aromatic ring is 1. The minimum absolute atomic E-state index is 0.00251. The predicted molar refractivity (Wildman–Crippen MR) is 127 cm³/mol. The molecule has 1 aliphatic heterocycles. The highest BCUT2D eigenvalue weighted by Crippen LogP contribution is 2.44. The fourth-order valence-corrected chi connectivity index (χ4v) is 4.48. The molecule has 1 unspecified atom stereocenters. The number of anilines is 2. The Bertz CT molecular complexity index is 1560. The summed E-state index contributed by atoms with van der Waals surface area (Å²) in [7, 11) is 0. The van der Waals surface area contributed by atoms with E-state index >= 15 is 0 Å². The Morgan fingerprint density at radius 2 is 2.05 bits per heavy atom. The molecule has 37 heavy (non-hydrogen) atoms. The van der Waals surface area contributed by atoms with Gasteiger partial charge >= 0.3 is 5.97 Å². The molecule has 13 heteroatoms. The monoisotopic (exact) mass is 509 g/mol. The number of nitrogens with one attached hydrogen (secondary N) is 1. The zero-order valence-electron chi connectivity index (χ0n) is 19.5. The van der Waals surface area contributed by atoms with E-state index in [1.54, 1.807) is 25.1 Å². The fourth-order valence-electron chi connectivity index (χ4n) is 4.48. The van der Waals surface area contributed by atoms with Crippen LogP contribution in [0.4, 0.5) is 20.4 Å². The molecule has 0 saturated carbocycles. The maximum atomic E-state index is 14.3. The number of nitrogens with two attached hydrogens (primary N) is 1. The molecule has 0 fully saturated rings. The van der Waals surface area contributed by atoms with Crippen LogP contribution in [0.2, 0.25) is 0 Å². The van der Waals surface area contributed by atoms with E-state index in [4.69, 9.17) is 10.5 Å². The Labute approximate surface area is 208 Å². The van der Waals surface area contributed by atoms with Crippen molar-refractivity contribution < 1.29 is 28.2 Å². The predicted octanol–water partition coefficient (Wildman–Crippen LogP) is 1.93. The van der Waals surface area contributed by atoms with Gasteiger partial charge in [0, 0.05) is 12.2 Å². The lowest BCUT2D eigenvalue weighted by Gasteiger charge is -2.24. The minimum atomic E-state index is -1.93. The largest absolute Gasteiger partial charge is 0.465 e. The van der Waals surface area contributed by atoms with Gasteiger partial charge in [0.25, 0.3) is 0 Å². The summed E-state index contributed by atoms with van der Waals surface area (Å²) in [5.41, 5.74) is 4.93. The average Bonchev–Trinajstić information content (AvgIpc) is 3.36. The van der Waals surface area contributed by atoms with E-state index < -0.39 is 35.5 Å². The van der Waals surface area contributed by atoms with Gasteiger partial charge in [-0.3, -0.25) is 9.59 Å². The van der Waals surface area contributed by atoms with Crippen LogP contribution in [0.25, 0.3) is 22.6 Å². The van der Waals surface area contributed by atoms with Crippen LogP contribution in [0.1, 0.15) is 24.5 Å². The van der Waals surface area contributed by atoms with Crippen molar-refractivity contribution in [1.29, 1.82) is 0 Å². The van der Waals surface area contributed by atoms with Gasteiger partial charge in [-0.1, -0.05) is 18.2 Å². The lowest BCUT2D eigenvalue weighted by atomic mass is 9.79. The third-order valence-corrected chi connectivity index (χ3v) is 6.14. The van der Waals surface area contributed by atoms with Gasteiger partial charge in [-0.2, -0.15) is 5.10 Å². The van der Waals surface area contributed by atoms with Crippen molar-refractivity contribution >= 4 is 34.5 Å². The van der Waals surface area contributed by atoms with Crippen LogP contribution >= 0.6 is 0 Å². The Kier molecular flexibility index (Phi) is 5.99. The molecule has 1 atom stereocenters. The van der Waals surface area contributed by atoms with E-state index in [1.165, 1.54) is 16.8 Å². The number of aliphatic hydroxyl groups is 1. The highest BCUT2D eigenvalue weighted by Gasteiger charge is 2.56. The molecule has 0 spiro atoms. The van der Waals surface area contributed by atoms with Gasteiger partial charge in [0.15, 0.2) is 16.9 Å². The second kappa shape index (κ2) is 9.17. The molecule has 0 saturated heterocycles. The number of fused-ring (bicyclic) bond motifs is 2. The molecule has 4 N–H and O–H groups in total. The summed E-state index contributed by atoms with van der Waals surface area (Å²) in [4.78, 5) is 38.6. The summed E-state index contributed by atoms with van der Waals surface area (Å²) >= 11 is 0. The number of carbonyl (C=O) groups excluding carboxylic acids is 2. The quantitative estimate of drug-likeness (QED) is 0.250. The summed E-state index contributed by atoms with van der Waals surface area (Å²) in [5.74, 6) is -3.12. The second-order valence-electron chi connectivity index (χ2n) is 8.33. The molecule has 5 rings (SSSR count). The molecule has 1 aliphatic rings. The van der Waals surface area contributed by atoms with Gasteiger partial charge in [-0.05, 0) is 25.5 Å². The first kappa shape index (κ1) is 24.2. The number of benzene rings is 1. The second-order valence-corrected chi connectivity index (χ2v) is 8.33. The Balaban J connectivity index is 1.67. The molecule has 11 nitrogen and oxygen atoms in total. The van der Waals surface area contributed by atoms with Crippen LogP contribution < -0.4 is 11.1 Å². The number of esters is 1. The van der Waals surface area contributed by atoms with Gasteiger partial charge in [0.1, 0.15) is 29.0 Å². The lowest BCUT2D eigenvalue weighted by molar-refractivity contribution is -0.153. The number of amides is 1. The average molecular weight is 509 g/mol. The highest BCUT2D eigenvalue weighted by molar-refractivity contribution is 6.20. The summed E-state index contributed by atoms with van der Waals surface area (Å²) < 4.78 is 35.0. The summed E-state index contributed by atoms with van der Waals surface area (Å²) in [6.45, 7) is 1.05. The summed E-state index contributed by atoms with van der Waals surface area (Å²) in [6, 6.07) is 7.31. The van der Waals surface area contributed by atoms with Gasteiger partial charge in [0.2, 0.25) is 5.91 Å². The van der Waals surface area contributed by atoms with Crippen LogP contribution in [0.3, 0.4) is 0 Å². The molecule has 4 aromatic rings. The van der Waals surface area contributed by atoms with E-state index in [0.717, 1.165) is 6.20 Å². The number of aromatic nitrogens is 5. The van der Waals surface area contributed by atoms with Crippen molar-refractivity contribution in [2.24, 2.45) is 0 Å². The molecule has 1 aromatic carbocycles. The van der Waals surface area contributed by atoms with Gasteiger partial charge in [-0.25, -0.2) is 28.4 Å².